The zero-order valence-corrected chi connectivity index (χ0v) is 24.7. The number of hydrogen-bond acceptors (Lipinski definition) is 4. The molecule has 0 saturated carbocycles. The molecule has 0 bridgehead atoms. The van der Waals surface area contributed by atoms with E-state index in [9.17, 15) is 18.0 Å². The van der Waals surface area contributed by atoms with Crippen LogP contribution in [0.25, 0.3) is 0 Å². The van der Waals surface area contributed by atoms with Crippen molar-refractivity contribution < 1.29 is 18.0 Å². The minimum atomic E-state index is -3.68. The van der Waals surface area contributed by atoms with Crippen molar-refractivity contribution in [3.63, 3.8) is 0 Å². The Kier molecular flexibility index (Phi) is 11.5. The van der Waals surface area contributed by atoms with Crippen LogP contribution in [0.1, 0.15) is 45.6 Å². The fraction of sp³-hybridized carbons (Fsp3) is 0.440. The van der Waals surface area contributed by atoms with Crippen LogP contribution in [0.2, 0.25) is 10.0 Å². The molecule has 0 radical (unpaired) electrons. The third-order valence-electron chi connectivity index (χ3n) is 5.74. The lowest BCUT2D eigenvalue weighted by Crippen LogP contribution is -2.49. The summed E-state index contributed by atoms with van der Waals surface area (Å²) in [4.78, 5) is 27.7. The predicted octanol–water partition coefficient (Wildman–Crippen LogP) is 5.63. The van der Waals surface area contributed by atoms with Crippen LogP contribution in [0.4, 0.5) is 5.69 Å². The first-order chi connectivity index (χ1) is 16.8. The molecular formula is C25H32BrCl2N3O4S. The molecule has 0 aliphatic rings. The number of carbonyl (C=O) groups excluding carboxylic acids is 2. The van der Waals surface area contributed by atoms with E-state index < -0.39 is 16.1 Å². The number of nitrogens with zero attached hydrogens (tertiary/aromatic N) is 2. The van der Waals surface area contributed by atoms with E-state index in [1.54, 1.807) is 13.0 Å². The number of halogens is 3. The van der Waals surface area contributed by atoms with Crippen LogP contribution >= 0.6 is 39.1 Å². The van der Waals surface area contributed by atoms with Crippen LogP contribution in [0, 0.1) is 0 Å². The highest BCUT2D eigenvalue weighted by atomic mass is 79.9. The van der Waals surface area contributed by atoms with E-state index in [1.165, 1.54) is 17.0 Å². The van der Waals surface area contributed by atoms with Crippen molar-refractivity contribution in [2.75, 3.05) is 17.1 Å². The Bertz CT molecular complexity index is 1180. The van der Waals surface area contributed by atoms with Gasteiger partial charge in [0, 0.05) is 35.0 Å². The summed E-state index contributed by atoms with van der Waals surface area (Å²) >= 11 is 15.7. The lowest BCUT2D eigenvalue weighted by molar-refractivity contribution is -0.140. The third-order valence-corrected chi connectivity index (χ3v) is 7.97. The summed E-state index contributed by atoms with van der Waals surface area (Å²) in [7, 11) is -3.68. The number of amides is 2. The van der Waals surface area contributed by atoms with Crippen molar-refractivity contribution in [3.8, 4) is 0 Å². The highest BCUT2D eigenvalue weighted by Gasteiger charge is 2.27. The van der Waals surface area contributed by atoms with Gasteiger partial charge in [0.2, 0.25) is 21.8 Å². The second kappa shape index (κ2) is 13.7. The monoisotopic (exact) mass is 619 g/mol. The van der Waals surface area contributed by atoms with Gasteiger partial charge >= 0.3 is 0 Å². The van der Waals surface area contributed by atoms with Gasteiger partial charge in [0.15, 0.2) is 0 Å². The molecule has 2 aromatic carbocycles. The Hall–Kier alpha value is -1.81. The fourth-order valence-electron chi connectivity index (χ4n) is 3.54. The molecule has 198 valence electrons. The Balaban J connectivity index is 2.21. The van der Waals surface area contributed by atoms with E-state index in [0.29, 0.717) is 5.02 Å². The summed E-state index contributed by atoms with van der Waals surface area (Å²) in [5.41, 5.74) is 1.12. The van der Waals surface area contributed by atoms with E-state index in [1.807, 2.05) is 38.1 Å². The van der Waals surface area contributed by atoms with Crippen LogP contribution in [-0.4, -0.2) is 50.0 Å². The molecule has 36 heavy (non-hydrogen) atoms. The molecule has 0 unspecified atom stereocenters. The molecule has 2 rings (SSSR count). The van der Waals surface area contributed by atoms with Gasteiger partial charge in [-0.3, -0.25) is 13.9 Å². The van der Waals surface area contributed by atoms with Gasteiger partial charge in [-0.15, -0.1) is 0 Å². The van der Waals surface area contributed by atoms with Crippen LogP contribution < -0.4 is 9.62 Å². The number of benzene rings is 2. The van der Waals surface area contributed by atoms with Crippen molar-refractivity contribution in [1.29, 1.82) is 0 Å². The van der Waals surface area contributed by atoms with Crippen molar-refractivity contribution >= 4 is 66.7 Å². The van der Waals surface area contributed by atoms with Crippen LogP contribution in [0.5, 0.6) is 0 Å². The lowest BCUT2D eigenvalue weighted by atomic mass is 10.1. The average molecular weight is 621 g/mol. The number of anilines is 1. The quantitative estimate of drug-likeness (QED) is 0.333. The van der Waals surface area contributed by atoms with Gasteiger partial charge in [0.1, 0.15) is 6.04 Å². The maximum atomic E-state index is 13.3. The third kappa shape index (κ3) is 8.94. The van der Waals surface area contributed by atoms with Gasteiger partial charge in [0.25, 0.3) is 0 Å². The second-order valence-corrected chi connectivity index (χ2v) is 12.3. The zero-order valence-electron chi connectivity index (χ0n) is 20.8. The Morgan fingerprint density at radius 2 is 1.81 bits per heavy atom. The molecule has 0 fully saturated rings. The first-order valence-corrected chi connectivity index (χ1v) is 15.0. The normalized spacial score (nSPS) is 13.1. The summed E-state index contributed by atoms with van der Waals surface area (Å²) in [6.45, 7) is 5.85. The van der Waals surface area contributed by atoms with E-state index in [4.69, 9.17) is 23.2 Å². The van der Waals surface area contributed by atoms with Crippen LogP contribution in [-0.2, 0) is 26.2 Å². The average Bonchev–Trinajstić information content (AvgIpc) is 2.80. The maximum absolute atomic E-state index is 13.3. The molecular weight excluding hydrogens is 589 g/mol. The van der Waals surface area contributed by atoms with Gasteiger partial charge in [0.05, 0.1) is 17.0 Å². The van der Waals surface area contributed by atoms with Crippen molar-refractivity contribution in [3.05, 3.63) is 62.5 Å². The highest BCUT2D eigenvalue weighted by molar-refractivity contribution is 9.10. The molecule has 2 atom stereocenters. The second-order valence-electron chi connectivity index (χ2n) is 8.68. The Labute approximate surface area is 232 Å². The summed E-state index contributed by atoms with van der Waals surface area (Å²) in [5, 5.41) is 3.52. The van der Waals surface area contributed by atoms with E-state index >= 15 is 0 Å². The first-order valence-electron chi connectivity index (χ1n) is 11.6. The summed E-state index contributed by atoms with van der Waals surface area (Å²) in [5.74, 6) is -0.497. The molecule has 0 heterocycles. The maximum Gasteiger partial charge on any atom is 0.242 e. The van der Waals surface area contributed by atoms with Crippen LogP contribution in [0.15, 0.2) is 46.9 Å². The molecule has 7 nitrogen and oxygen atoms in total. The molecule has 2 aromatic rings. The minimum absolute atomic E-state index is 0.0199. The number of sulfonamides is 1. The molecule has 0 saturated heterocycles. The van der Waals surface area contributed by atoms with Gasteiger partial charge in [-0.05, 0) is 62.6 Å². The zero-order chi connectivity index (χ0) is 27.0. The van der Waals surface area contributed by atoms with Gasteiger partial charge in [-0.25, -0.2) is 8.42 Å². The lowest BCUT2D eigenvalue weighted by Gasteiger charge is -2.30. The largest absolute Gasteiger partial charge is 0.352 e. The predicted molar refractivity (Wildman–Crippen MR) is 150 cm³/mol. The van der Waals surface area contributed by atoms with Crippen LogP contribution in [0.3, 0.4) is 0 Å². The van der Waals surface area contributed by atoms with Gasteiger partial charge < -0.3 is 10.2 Å². The number of hydrogen-bond donors (Lipinski definition) is 1. The fourth-order valence-corrected chi connectivity index (χ4v) is 5.39. The van der Waals surface area contributed by atoms with E-state index in [-0.39, 0.29) is 54.5 Å². The topological polar surface area (TPSA) is 86.8 Å². The van der Waals surface area contributed by atoms with Crippen molar-refractivity contribution in [2.24, 2.45) is 0 Å². The SMILES string of the molecule is CC[C@@H](C)NC(=O)[C@H](C)N(Cc1cccc(Br)c1)C(=O)CCCN(c1cc(Cl)ccc1Cl)S(C)(=O)=O. The standard InChI is InChI=1S/C25H32BrCl2N3O4S/c1-5-17(2)29-25(33)18(3)30(16-19-8-6-9-20(26)14-19)24(32)10-7-13-31(36(4,34)35)23-15-21(27)11-12-22(23)28/h6,8-9,11-12,14-15,17-18H,5,7,10,13,16H2,1-4H3,(H,29,33)/t17-,18+/m1/s1. The first kappa shape index (κ1) is 30.4. The molecule has 0 aliphatic carbocycles. The molecule has 1 N–H and O–H groups in total. The summed E-state index contributed by atoms with van der Waals surface area (Å²) < 4.78 is 27.0. The smallest absolute Gasteiger partial charge is 0.242 e. The van der Waals surface area contributed by atoms with Gasteiger partial charge in [-0.2, -0.15) is 0 Å². The number of rotatable bonds is 12. The number of carbonyl (C=O) groups is 2. The highest BCUT2D eigenvalue weighted by Crippen LogP contribution is 2.31. The van der Waals surface area contributed by atoms with Gasteiger partial charge in [-0.1, -0.05) is 58.2 Å². The Morgan fingerprint density at radius 3 is 2.42 bits per heavy atom. The molecule has 0 aliphatic heterocycles. The van der Waals surface area contributed by atoms with Crippen molar-refractivity contribution in [2.45, 2.75) is 58.7 Å². The Morgan fingerprint density at radius 1 is 1.11 bits per heavy atom. The summed E-state index contributed by atoms with van der Waals surface area (Å²) in [6, 6.07) is 11.4. The molecule has 2 amide bonds. The van der Waals surface area contributed by atoms with Crippen molar-refractivity contribution in [1.82, 2.24) is 10.2 Å². The summed E-state index contributed by atoms with van der Waals surface area (Å²) in [6.07, 6.45) is 2.11. The minimum Gasteiger partial charge on any atom is -0.352 e. The number of nitrogens with one attached hydrogen (secondary N) is 1. The molecule has 11 heteroatoms. The van der Waals surface area contributed by atoms with E-state index in [2.05, 4.69) is 21.2 Å². The molecule has 0 aromatic heterocycles. The van der Waals surface area contributed by atoms with E-state index in [0.717, 1.165) is 27.0 Å². The molecule has 0 spiro atoms.